The zero-order chi connectivity index (χ0) is 25.3. The quantitative estimate of drug-likeness (QED) is 0.171. The molecule has 0 unspecified atom stereocenters. The number of nitro benzene ring substituents is 1. The van der Waals surface area contributed by atoms with Crippen molar-refractivity contribution >= 4 is 23.5 Å². The van der Waals surface area contributed by atoms with Crippen molar-refractivity contribution in [2.24, 2.45) is 0 Å². The topological polar surface area (TPSA) is 184 Å². The number of aliphatic hydroxyl groups is 2. The Kier molecular flexibility index (Phi) is 9.92. The molecule has 2 rings (SSSR count). The van der Waals surface area contributed by atoms with Crippen molar-refractivity contribution in [3.8, 4) is 5.75 Å². The van der Waals surface area contributed by atoms with Crippen LogP contribution in [0.4, 0.5) is 5.69 Å². The Labute approximate surface area is 194 Å². The Balaban J connectivity index is 2.01. The lowest BCUT2D eigenvalue weighted by atomic mass is 9.97. The summed E-state index contributed by atoms with van der Waals surface area (Å²) >= 11 is 0. The third kappa shape index (κ3) is 7.79. The SMILES string of the molecule is C=COC(=O)CCCC(=O)OC[C@H]1O[C@@H](Oc2ccc([N+](=O)[O-])cc2)[C@H](NC(C)=O)[C@@H](O)[C@@H]1O. The number of hydrogen-bond acceptors (Lipinski definition) is 11. The Morgan fingerprint density at radius 3 is 2.41 bits per heavy atom. The van der Waals surface area contributed by atoms with E-state index in [-0.39, 0.29) is 30.7 Å². The number of nitrogens with zero attached hydrogens (tertiary/aromatic N) is 1. The summed E-state index contributed by atoms with van der Waals surface area (Å²) in [5, 5.41) is 34.2. The molecule has 186 valence electrons. The monoisotopic (exact) mass is 482 g/mol. The second-order valence-electron chi connectivity index (χ2n) is 7.31. The molecule has 0 aliphatic carbocycles. The number of carbonyl (C=O) groups is 3. The molecule has 0 aromatic heterocycles. The zero-order valence-corrected chi connectivity index (χ0v) is 18.3. The summed E-state index contributed by atoms with van der Waals surface area (Å²) in [6, 6.07) is 3.80. The average Bonchev–Trinajstić information content (AvgIpc) is 2.78. The largest absolute Gasteiger partial charge is 0.463 e. The second kappa shape index (κ2) is 12.6. The van der Waals surface area contributed by atoms with Gasteiger partial charge in [0.15, 0.2) is 0 Å². The standard InChI is InChI=1S/C21H26N2O11/c1-3-31-16(25)5-4-6-17(26)32-11-15-19(27)20(28)18(22-12(2)24)21(34-15)33-14-9-7-13(8-10-14)23(29)30/h3,7-10,15,18-21,27-28H,1,4-6,11H2,2H3,(H,22,24)/t15-,18-,19-,20-,21-/m1/s1. The molecular weight excluding hydrogens is 456 g/mol. The fourth-order valence-electron chi connectivity index (χ4n) is 3.11. The average molecular weight is 482 g/mol. The Morgan fingerprint density at radius 2 is 1.82 bits per heavy atom. The molecule has 34 heavy (non-hydrogen) atoms. The first-order valence-electron chi connectivity index (χ1n) is 10.3. The van der Waals surface area contributed by atoms with Crippen LogP contribution in [-0.2, 0) is 28.6 Å². The number of non-ortho nitro benzene ring substituents is 1. The first-order valence-corrected chi connectivity index (χ1v) is 10.3. The molecular formula is C21H26N2O11. The van der Waals surface area contributed by atoms with Gasteiger partial charge in [-0.05, 0) is 18.6 Å². The lowest BCUT2D eigenvalue weighted by molar-refractivity contribution is -0.384. The zero-order valence-electron chi connectivity index (χ0n) is 18.3. The maximum atomic E-state index is 11.9. The van der Waals surface area contributed by atoms with Gasteiger partial charge in [-0.3, -0.25) is 24.5 Å². The molecule has 1 aliphatic heterocycles. The van der Waals surface area contributed by atoms with Gasteiger partial charge in [0.05, 0.1) is 11.2 Å². The summed E-state index contributed by atoms with van der Waals surface area (Å²) in [4.78, 5) is 45.0. The van der Waals surface area contributed by atoms with Crippen LogP contribution >= 0.6 is 0 Å². The second-order valence-corrected chi connectivity index (χ2v) is 7.31. The van der Waals surface area contributed by atoms with Crippen molar-refractivity contribution in [3.63, 3.8) is 0 Å². The van der Waals surface area contributed by atoms with E-state index < -0.39 is 60.0 Å². The molecule has 1 fully saturated rings. The third-order valence-corrected chi connectivity index (χ3v) is 4.76. The minimum Gasteiger partial charge on any atom is -0.463 e. The predicted octanol–water partition coefficient (Wildman–Crippen LogP) is 0.325. The number of rotatable bonds is 11. The maximum absolute atomic E-state index is 11.9. The molecule has 13 nitrogen and oxygen atoms in total. The number of carbonyl (C=O) groups excluding carboxylic acids is 3. The Hall–Kier alpha value is -3.55. The summed E-state index contributed by atoms with van der Waals surface area (Å²) in [6.45, 7) is 4.00. The van der Waals surface area contributed by atoms with Gasteiger partial charge in [-0.2, -0.15) is 0 Å². The lowest BCUT2D eigenvalue weighted by Crippen LogP contribution is -2.65. The number of ether oxygens (including phenoxy) is 4. The van der Waals surface area contributed by atoms with Crippen LogP contribution in [0, 0.1) is 10.1 Å². The van der Waals surface area contributed by atoms with E-state index in [1.165, 1.54) is 31.2 Å². The van der Waals surface area contributed by atoms with E-state index in [0.717, 1.165) is 6.26 Å². The lowest BCUT2D eigenvalue weighted by Gasteiger charge is -2.42. The normalized spacial score (nSPS) is 23.9. The molecule has 0 saturated carbocycles. The van der Waals surface area contributed by atoms with E-state index in [0.29, 0.717) is 0 Å². The van der Waals surface area contributed by atoms with Crippen LogP contribution in [0.5, 0.6) is 5.75 Å². The van der Waals surface area contributed by atoms with E-state index >= 15 is 0 Å². The van der Waals surface area contributed by atoms with Crippen molar-refractivity contribution in [3.05, 3.63) is 47.2 Å². The fourth-order valence-corrected chi connectivity index (χ4v) is 3.11. The van der Waals surface area contributed by atoms with Crippen LogP contribution in [0.2, 0.25) is 0 Å². The van der Waals surface area contributed by atoms with Crippen molar-refractivity contribution in [1.82, 2.24) is 5.32 Å². The number of amides is 1. The highest BCUT2D eigenvalue weighted by molar-refractivity contribution is 5.73. The molecule has 1 saturated heterocycles. The van der Waals surface area contributed by atoms with Gasteiger partial charge in [-0.25, -0.2) is 0 Å². The first-order chi connectivity index (χ1) is 16.1. The molecule has 1 aromatic carbocycles. The van der Waals surface area contributed by atoms with E-state index in [1.807, 2.05) is 0 Å². The maximum Gasteiger partial charge on any atom is 0.310 e. The number of nitro groups is 1. The summed E-state index contributed by atoms with van der Waals surface area (Å²) in [5.41, 5.74) is -0.173. The molecule has 1 aliphatic rings. The minimum atomic E-state index is -1.54. The van der Waals surface area contributed by atoms with Gasteiger partial charge in [0.2, 0.25) is 12.2 Å². The smallest absolute Gasteiger partial charge is 0.310 e. The van der Waals surface area contributed by atoms with Crippen LogP contribution in [0.15, 0.2) is 37.1 Å². The van der Waals surface area contributed by atoms with Gasteiger partial charge >= 0.3 is 11.9 Å². The highest BCUT2D eigenvalue weighted by Gasteiger charge is 2.46. The van der Waals surface area contributed by atoms with E-state index in [2.05, 4.69) is 16.6 Å². The van der Waals surface area contributed by atoms with Crippen LogP contribution in [0.3, 0.4) is 0 Å². The van der Waals surface area contributed by atoms with E-state index in [4.69, 9.17) is 14.2 Å². The highest BCUT2D eigenvalue weighted by atomic mass is 16.7. The number of benzene rings is 1. The van der Waals surface area contributed by atoms with Crippen molar-refractivity contribution in [2.75, 3.05) is 6.61 Å². The molecule has 5 atom stereocenters. The predicted molar refractivity (Wildman–Crippen MR) is 113 cm³/mol. The van der Waals surface area contributed by atoms with Crippen LogP contribution < -0.4 is 10.1 Å². The Morgan fingerprint density at radius 1 is 1.18 bits per heavy atom. The van der Waals surface area contributed by atoms with Gasteiger partial charge in [0, 0.05) is 31.9 Å². The third-order valence-electron chi connectivity index (χ3n) is 4.76. The highest BCUT2D eigenvalue weighted by Crippen LogP contribution is 2.26. The molecule has 0 spiro atoms. The van der Waals surface area contributed by atoms with Gasteiger partial charge < -0.3 is 34.5 Å². The minimum absolute atomic E-state index is 0.0219. The van der Waals surface area contributed by atoms with Crippen LogP contribution in [0.1, 0.15) is 26.2 Å². The summed E-state index contributed by atoms with van der Waals surface area (Å²) in [6.07, 6.45) is -4.59. The number of esters is 2. The summed E-state index contributed by atoms with van der Waals surface area (Å²) < 4.78 is 20.9. The van der Waals surface area contributed by atoms with Gasteiger partial charge in [-0.15, -0.1) is 0 Å². The number of hydrogen-bond donors (Lipinski definition) is 3. The molecule has 0 radical (unpaired) electrons. The van der Waals surface area contributed by atoms with Gasteiger partial charge in [0.25, 0.3) is 5.69 Å². The molecule has 1 amide bonds. The molecule has 13 heteroatoms. The van der Waals surface area contributed by atoms with E-state index in [9.17, 15) is 34.7 Å². The van der Waals surface area contributed by atoms with Crippen LogP contribution in [-0.4, -0.2) is 70.2 Å². The number of nitrogens with one attached hydrogen (secondary N) is 1. The van der Waals surface area contributed by atoms with E-state index in [1.54, 1.807) is 0 Å². The first kappa shape index (κ1) is 26.7. The van der Waals surface area contributed by atoms with Gasteiger partial charge in [0.1, 0.15) is 36.7 Å². The number of aliphatic hydroxyl groups excluding tert-OH is 2. The van der Waals surface area contributed by atoms with Crippen molar-refractivity contribution < 1.29 is 48.5 Å². The van der Waals surface area contributed by atoms with Crippen molar-refractivity contribution in [1.29, 1.82) is 0 Å². The van der Waals surface area contributed by atoms with Crippen LogP contribution in [0.25, 0.3) is 0 Å². The summed E-state index contributed by atoms with van der Waals surface area (Å²) in [5.74, 6) is -1.62. The molecule has 0 bridgehead atoms. The Bertz CT molecular complexity index is 889. The summed E-state index contributed by atoms with van der Waals surface area (Å²) in [7, 11) is 0. The van der Waals surface area contributed by atoms with Gasteiger partial charge in [-0.1, -0.05) is 6.58 Å². The molecule has 3 N–H and O–H groups in total. The van der Waals surface area contributed by atoms with Crippen molar-refractivity contribution in [2.45, 2.75) is 56.8 Å². The molecule has 1 aromatic rings. The molecule has 1 heterocycles. The fraction of sp³-hybridized carbons (Fsp3) is 0.476.